The summed E-state index contributed by atoms with van der Waals surface area (Å²) in [6.45, 7) is 9.61. The second-order valence-corrected chi connectivity index (χ2v) is 7.16. The zero-order valence-corrected chi connectivity index (χ0v) is 17.5. The molecule has 0 saturated heterocycles. The van der Waals surface area contributed by atoms with Crippen LogP contribution < -0.4 is 10.9 Å². The molecule has 29 heavy (non-hydrogen) atoms. The summed E-state index contributed by atoms with van der Waals surface area (Å²) < 4.78 is 8.61. The van der Waals surface area contributed by atoms with Crippen molar-refractivity contribution in [3.63, 3.8) is 0 Å². The number of rotatable bonds is 8. The number of carbonyl (C=O) groups excluding carboxylic acids is 1. The molecule has 1 N–H and O–H groups in total. The molecule has 0 spiro atoms. The molecule has 0 bridgehead atoms. The van der Waals surface area contributed by atoms with Crippen molar-refractivity contribution in [2.75, 3.05) is 19.8 Å². The lowest BCUT2D eigenvalue weighted by Gasteiger charge is -2.09. The average Bonchev–Trinajstić information content (AvgIpc) is 2.96. The van der Waals surface area contributed by atoms with Gasteiger partial charge in [0.25, 0.3) is 5.56 Å². The van der Waals surface area contributed by atoms with Crippen molar-refractivity contribution < 1.29 is 9.53 Å². The first-order valence-corrected chi connectivity index (χ1v) is 9.92. The molecule has 1 aromatic carbocycles. The van der Waals surface area contributed by atoms with Gasteiger partial charge in [0.15, 0.2) is 5.65 Å². The maximum absolute atomic E-state index is 13.1. The maximum atomic E-state index is 13.1. The molecule has 0 fully saturated rings. The van der Waals surface area contributed by atoms with E-state index in [1.54, 1.807) is 0 Å². The monoisotopic (exact) mass is 396 g/mol. The fraction of sp³-hybridized carbons (Fsp3) is 0.409. The van der Waals surface area contributed by atoms with Crippen LogP contribution in [0.5, 0.6) is 0 Å². The van der Waals surface area contributed by atoms with Crippen molar-refractivity contribution >= 4 is 16.9 Å². The van der Waals surface area contributed by atoms with E-state index in [9.17, 15) is 9.59 Å². The largest absolute Gasteiger partial charge is 0.382 e. The van der Waals surface area contributed by atoms with Gasteiger partial charge in [-0.1, -0.05) is 17.7 Å². The Labute approximate surface area is 170 Å². The molecule has 1 amide bonds. The molecule has 0 radical (unpaired) electrons. The van der Waals surface area contributed by atoms with E-state index in [1.165, 1.54) is 16.5 Å². The number of nitrogens with zero attached hydrogens (tertiary/aromatic N) is 3. The Morgan fingerprint density at radius 3 is 2.59 bits per heavy atom. The molecule has 7 nitrogen and oxygen atoms in total. The lowest BCUT2D eigenvalue weighted by molar-refractivity contribution is -0.121. The number of amides is 1. The molecule has 0 aliphatic carbocycles. The summed E-state index contributed by atoms with van der Waals surface area (Å²) in [5.74, 6) is -0.211. The smallest absolute Gasteiger partial charge is 0.263 e. The van der Waals surface area contributed by atoms with Crippen molar-refractivity contribution in [3.8, 4) is 5.69 Å². The summed E-state index contributed by atoms with van der Waals surface area (Å²) in [5, 5.41) is 3.37. The summed E-state index contributed by atoms with van der Waals surface area (Å²) >= 11 is 0. The highest BCUT2D eigenvalue weighted by molar-refractivity contribution is 5.83. The number of hydrogen-bond donors (Lipinski definition) is 1. The highest BCUT2D eigenvalue weighted by atomic mass is 16.5. The molecule has 154 valence electrons. The van der Waals surface area contributed by atoms with Crippen molar-refractivity contribution in [2.24, 2.45) is 0 Å². The minimum atomic E-state index is -0.211. The van der Waals surface area contributed by atoms with Crippen LogP contribution in [0.25, 0.3) is 16.7 Å². The summed E-state index contributed by atoms with van der Waals surface area (Å²) in [4.78, 5) is 29.8. The molecule has 0 atom stereocenters. The molecular formula is C22H28N4O3. The SMILES string of the molecule is CCOCCCNC(=O)Cn1cnc2c(c(C)c(C)n2-c2ccc(C)cc2)c1=O. The fourth-order valence-corrected chi connectivity index (χ4v) is 3.37. The Morgan fingerprint density at radius 2 is 1.90 bits per heavy atom. The second-order valence-electron chi connectivity index (χ2n) is 7.16. The number of carbonyl (C=O) groups is 1. The summed E-state index contributed by atoms with van der Waals surface area (Å²) in [6, 6.07) is 8.11. The maximum Gasteiger partial charge on any atom is 0.263 e. The second kappa shape index (κ2) is 9.05. The lowest BCUT2D eigenvalue weighted by atomic mass is 10.2. The number of hydrogen-bond acceptors (Lipinski definition) is 4. The highest BCUT2D eigenvalue weighted by Crippen LogP contribution is 2.25. The van der Waals surface area contributed by atoms with E-state index in [2.05, 4.69) is 10.3 Å². The highest BCUT2D eigenvalue weighted by Gasteiger charge is 2.18. The number of fused-ring (bicyclic) bond motifs is 1. The van der Waals surface area contributed by atoms with E-state index in [1.807, 2.05) is 56.5 Å². The standard InChI is InChI=1S/C22H28N4O3/c1-5-29-12-6-11-23-19(27)13-25-14-24-21-20(22(25)28)16(3)17(4)26(21)18-9-7-15(2)8-10-18/h7-10,14H,5-6,11-13H2,1-4H3,(H,23,27). The van der Waals surface area contributed by atoms with Crippen molar-refractivity contribution in [1.82, 2.24) is 19.4 Å². The number of ether oxygens (including phenoxy) is 1. The van der Waals surface area contributed by atoms with Gasteiger partial charge in [-0.15, -0.1) is 0 Å². The Hall–Kier alpha value is -2.93. The van der Waals surface area contributed by atoms with Crippen molar-refractivity contribution in [3.05, 3.63) is 57.8 Å². The van der Waals surface area contributed by atoms with E-state index in [0.29, 0.717) is 30.8 Å². The minimum absolute atomic E-state index is 0.0510. The molecule has 2 aromatic heterocycles. The normalized spacial score (nSPS) is 11.2. The molecular weight excluding hydrogens is 368 g/mol. The molecule has 7 heteroatoms. The van der Waals surface area contributed by atoms with Gasteiger partial charge in [-0.25, -0.2) is 4.98 Å². The van der Waals surface area contributed by atoms with Gasteiger partial charge in [0.05, 0.1) is 5.39 Å². The van der Waals surface area contributed by atoms with Crippen LogP contribution in [0.3, 0.4) is 0 Å². The molecule has 2 heterocycles. The summed E-state index contributed by atoms with van der Waals surface area (Å²) in [5.41, 5.74) is 4.38. The number of aryl methyl sites for hydroxylation is 2. The zero-order valence-electron chi connectivity index (χ0n) is 17.5. The number of benzene rings is 1. The van der Waals surface area contributed by atoms with Crippen LogP contribution >= 0.6 is 0 Å². The average molecular weight is 396 g/mol. The van der Waals surface area contributed by atoms with Crippen LogP contribution in [0.15, 0.2) is 35.4 Å². The van der Waals surface area contributed by atoms with Crippen LogP contribution in [0.2, 0.25) is 0 Å². The lowest BCUT2D eigenvalue weighted by Crippen LogP contribution is -2.33. The van der Waals surface area contributed by atoms with E-state index in [4.69, 9.17) is 4.74 Å². The zero-order chi connectivity index (χ0) is 21.0. The van der Waals surface area contributed by atoms with E-state index in [0.717, 1.165) is 23.4 Å². The van der Waals surface area contributed by atoms with Crippen molar-refractivity contribution in [1.29, 1.82) is 0 Å². The topological polar surface area (TPSA) is 78.2 Å². The van der Waals surface area contributed by atoms with Crippen molar-refractivity contribution in [2.45, 2.75) is 40.7 Å². The fourth-order valence-electron chi connectivity index (χ4n) is 3.37. The Bertz CT molecular complexity index is 1060. The van der Waals surface area contributed by atoms with Gasteiger partial charge >= 0.3 is 0 Å². The van der Waals surface area contributed by atoms with Crippen LogP contribution in [-0.4, -0.2) is 39.8 Å². The van der Waals surface area contributed by atoms with Gasteiger partial charge in [-0.3, -0.25) is 18.7 Å². The Kier molecular flexibility index (Phi) is 6.49. The van der Waals surface area contributed by atoms with Crippen LogP contribution in [-0.2, 0) is 16.1 Å². The van der Waals surface area contributed by atoms with Gasteiger partial charge in [0.1, 0.15) is 12.9 Å². The van der Waals surface area contributed by atoms with Gasteiger partial charge in [-0.05, 0) is 51.8 Å². The van der Waals surface area contributed by atoms with E-state index < -0.39 is 0 Å². The molecule has 0 unspecified atom stereocenters. The van der Waals surface area contributed by atoms with Crippen LogP contribution in [0.4, 0.5) is 0 Å². The van der Waals surface area contributed by atoms with Gasteiger partial charge in [0, 0.05) is 31.1 Å². The summed E-state index contributed by atoms with van der Waals surface area (Å²) in [6.07, 6.45) is 2.19. The number of aromatic nitrogens is 3. The molecule has 0 aliphatic rings. The van der Waals surface area contributed by atoms with Gasteiger partial charge in [0.2, 0.25) is 5.91 Å². The minimum Gasteiger partial charge on any atom is -0.382 e. The Morgan fingerprint density at radius 1 is 1.17 bits per heavy atom. The van der Waals surface area contributed by atoms with Crippen LogP contribution in [0, 0.1) is 20.8 Å². The first kappa shape index (κ1) is 20.8. The third kappa shape index (κ3) is 4.40. The number of nitrogens with one attached hydrogen (secondary N) is 1. The molecule has 0 saturated carbocycles. The molecule has 0 aliphatic heterocycles. The van der Waals surface area contributed by atoms with E-state index >= 15 is 0 Å². The van der Waals surface area contributed by atoms with Gasteiger partial charge < -0.3 is 10.1 Å². The third-order valence-electron chi connectivity index (χ3n) is 5.08. The molecule has 3 rings (SSSR count). The third-order valence-corrected chi connectivity index (χ3v) is 5.08. The van der Waals surface area contributed by atoms with Crippen LogP contribution in [0.1, 0.15) is 30.2 Å². The van der Waals surface area contributed by atoms with E-state index in [-0.39, 0.29) is 18.0 Å². The summed E-state index contributed by atoms with van der Waals surface area (Å²) in [7, 11) is 0. The molecule has 3 aromatic rings. The Balaban J connectivity index is 1.87. The quantitative estimate of drug-likeness (QED) is 0.594. The first-order valence-electron chi connectivity index (χ1n) is 9.92. The predicted molar refractivity (Wildman–Crippen MR) is 114 cm³/mol. The van der Waals surface area contributed by atoms with Gasteiger partial charge in [-0.2, -0.15) is 0 Å². The predicted octanol–water partition coefficient (Wildman–Crippen LogP) is 2.66. The first-order chi connectivity index (χ1) is 13.9.